The summed E-state index contributed by atoms with van der Waals surface area (Å²) in [4.78, 5) is 71.4. The lowest BCUT2D eigenvalue weighted by atomic mass is 9.94. The summed E-state index contributed by atoms with van der Waals surface area (Å²) in [6.45, 7) is 2.95. The zero-order valence-corrected chi connectivity index (χ0v) is 30.1. The fraction of sp³-hybridized carbons (Fsp3) is 0.366. The molecule has 0 unspecified atom stereocenters. The average Bonchev–Trinajstić information content (AvgIpc) is 4.00. The van der Waals surface area contributed by atoms with Gasteiger partial charge in [0.1, 0.15) is 11.6 Å². The fourth-order valence-electron chi connectivity index (χ4n) is 7.49. The van der Waals surface area contributed by atoms with E-state index in [1.54, 1.807) is 6.92 Å². The molecule has 2 aliphatic heterocycles. The lowest BCUT2D eigenvalue weighted by Crippen LogP contribution is -2.36. The minimum absolute atomic E-state index is 0.0293. The molecule has 4 atom stereocenters. The number of methoxy groups -OCH3 is 2. The number of carbonyl (C=O) groups excluding carboxylic acids is 4. The predicted molar refractivity (Wildman–Crippen MR) is 197 cm³/mol. The number of ether oxygens (including phenoxy) is 2. The van der Waals surface area contributed by atoms with Gasteiger partial charge in [0.25, 0.3) is 0 Å². The van der Waals surface area contributed by atoms with Crippen LogP contribution >= 0.6 is 0 Å². The second-order valence-electron chi connectivity index (χ2n) is 13.8. The zero-order valence-electron chi connectivity index (χ0n) is 30.1. The molecule has 3 aromatic carbocycles. The standard InChI is InChI=1S/C41H42N6O6/c1-25(21-36(48)52-2)40(50)46-19-7-11-34(46)38-42-30-17-15-26(22-32(30)44-38)13-14-27-16-18-31-33(23-27)45-39(43-31)35-12-8-20-47(35)41(51)29(24-37(49)53-3)28-9-5-4-6-10-28/h4-6,9-10,15-18,22-23,25,29,34-35H,7-8,11-12,19-21,24H2,1-3H3,(H,42,44)(H,43,45)/t25-,29-,34+,35+/m1/s1. The number of esters is 2. The number of aromatic amines is 2. The molecule has 4 heterocycles. The van der Waals surface area contributed by atoms with Gasteiger partial charge >= 0.3 is 11.9 Å². The van der Waals surface area contributed by atoms with E-state index >= 15 is 0 Å². The third-order valence-corrected chi connectivity index (χ3v) is 10.3. The normalized spacial score (nSPS) is 18.1. The van der Waals surface area contributed by atoms with Crippen molar-refractivity contribution in [2.75, 3.05) is 27.3 Å². The molecular formula is C41H42N6O6. The summed E-state index contributed by atoms with van der Waals surface area (Å²) in [6.07, 6.45) is 3.27. The van der Waals surface area contributed by atoms with Crippen molar-refractivity contribution in [1.82, 2.24) is 29.7 Å². The number of amides is 2. The van der Waals surface area contributed by atoms with Crippen LogP contribution in [0.2, 0.25) is 0 Å². The topological polar surface area (TPSA) is 151 Å². The van der Waals surface area contributed by atoms with Crippen LogP contribution in [0, 0.1) is 17.8 Å². The van der Waals surface area contributed by atoms with Crippen molar-refractivity contribution in [2.45, 2.75) is 63.5 Å². The van der Waals surface area contributed by atoms with Gasteiger partial charge in [-0.05, 0) is 67.6 Å². The van der Waals surface area contributed by atoms with Crippen LogP contribution in [0.15, 0.2) is 66.7 Å². The van der Waals surface area contributed by atoms with E-state index in [1.165, 1.54) is 14.2 Å². The first-order valence-corrected chi connectivity index (χ1v) is 18.0. The number of nitrogens with zero attached hydrogens (tertiary/aromatic N) is 4. The molecule has 2 aliphatic rings. The van der Waals surface area contributed by atoms with Crippen LogP contribution in [0.3, 0.4) is 0 Å². The highest BCUT2D eigenvalue weighted by atomic mass is 16.5. The van der Waals surface area contributed by atoms with Crippen LogP contribution in [-0.4, -0.2) is 80.8 Å². The van der Waals surface area contributed by atoms with Gasteiger partial charge in [-0.15, -0.1) is 0 Å². The van der Waals surface area contributed by atoms with E-state index < -0.39 is 23.8 Å². The molecule has 7 rings (SSSR count). The predicted octanol–water partition coefficient (Wildman–Crippen LogP) is 5.71. The number of nitrogens with one attached hydrogen (secondary N) is 2. The molecule has 2 fully saturated rings. The minimum atomic E-state index is -0.641. The van der Waals surface area contributed by atoms with Crippen LogP contribution in [-0.2, 0) is 28.7 Å². The van der Waals surface area contributed by atoms with E-state index in [0.717, 1.165) is 70.3 Å². The third kappa shape index (κ3) is 7.51. The Hall–Kier alpha value is -5.96. The van der Waals surface area contributed by atoms with Crippen molar-refractivity contribution >= 4 is 45.8 Å². The van der Waals surface area contributed by atoms with Crippen molar-refractivity contribution < 1.29 is 28.7 Å². The number of hydrogen-bond acceptors (Lipinski definition) is 8. The zero-order chi connectivity index (χ0) is 37.1. The first kappa shape index (κ1) is 35.4. The molecule has 0 saturated carbocycles. The van der Waals surface area contributed by atoms with Gasteiger partial charge in [0.05, 0.1) is 67.1 Å². The van der Waals surface area contributed by atoms with Crippen molar-refractivity contribution in [3.63, 3.8) is 0 Å². The second kappa shape index (κ2) is 15.3. The summed E-state index contributed by atoms with van der Waals surface area (Å²) in [5.41, 5.74) is 5.63. The Morgan fingerprint density at radius 3 is 1.77 bits per heavy atom. The fourth-order valence-corrected chi connectivity index (χ4v) is 7.49. The average molecular weight is 715 g/mol. The summed E-state index contributed by atoms with van der Waals surface area (Å²) >= 11 is 0. The molecule has 272 valence electrons. The molecule has 0 radical (unpaired) electrons. The molecular weight excluding hydrogens is 672 g/mol. The molecule has 2 aromatic heterocycles. The van der Waals surface area contributed by atoms with E-state index in [0.29, 0.717) is 18.9 Å². The maximum atomic E-state index is 13.9. The van der Waals surface area contributed by atoms with Crippen molar-refractivity contribution in [1.29, 1.82) is 0 Å². The van der Waals surface area contributed by atoms with Crippen LogP contribution < -0.4 is 0 Å². The maximum absolute atomic E-state index is 13.9. The Balaban J connectivity index is 1.07. The van der Waals surface area contributed by atoms with E-state index in [1.807, 2.05) is 76.5 Å². The number of imidazole rings is 2. The van der Waals surface area contributed by atoms with Gasteiger partial charge in [0.15, 0.2) is 0 Å². The van der Waals surface area contributed by atoms with Gasteiger partial charge in [-0.3, -0.25) is 19.2 Å². The van der Waals surface area contributed by atoms with Gasteiger partial charge in [0.2, 0.25) is 11.8 Å². The molecule has 12 nitrogen and oxygen atoms in total. The Bertz CT molecular complexity index is 2230. The van der Waals surface area contributed by atoms with Crippen molar-refractivity contribution in [3.8, 4) is 11.8 Å². The molecule has 53 heavy (non-hydrogen) atoms. The number of benzene rings is 3. The quantitative estimate of drug-likeness (QED) is 0.146. The highest BCUT2D eigenvalue weighted by Gasteiger charge is 2.38. The Kier molecular flexibility index (Phi) is 10.3. The summed E-state index contributed by atoms with van der Waals surface area (Å²) in [5, 5.41) is 0. The molecule has 2 N–H and O–H groups in total. The van der Waals surface area contributed by atoms with E-state index in [4.69, 9.17) is 19.4 Å². The summed E-state index contributed by atoms with van der Waals surface area (Å²) < 4.78 is 9.68. The monoisotopic (exact) mass is 714 g/mol. The van der Waals surface area contributed by atoms with Crippen LogP contribution in [0.25, 0.3) is 22.1 Å². The highest BCUT2D eigenvalue weighted by Crippen LogP contribution is 2.36. The van der Waals surface area contributed by atoms with Gasteiger partial charge in [-0.2, -0.15) is 0 Å². The maximum Gasteiger partial charge on any atom is 0.306 e. The number of carbonyl (C=O) groups is 4. The largest absolute Gasteiger partial charge is 0.469 e. The summed E-state index contributed by atoms with van der Waals surface area (Å²) in [6, 6.07) is 20.6. The third-order valence-electron chi connectivity index (χ3n) is 10.3. The first-order valence-electron chi connectivity index (χ1n) is 18.0. The van der Waals surface area contributed by atoms with Gasteiger partial charge in [-0.25, -0.2) is 9.97 Å². The Morgan fingerprint density at radius 2 is 1.25 bits per heavy atom. The molecule has 12 heteroatoms. The molecule has 5 aromatic rings. The molecule has 0 bridgehead atoms. The van der Waals surface area contributed by atoms with Crippen LogP contribution in [0.5, 0.6) is 0 Å². The van der Waals surface area contributed by atoms with E-state index in [9.17, 15) is 19.2 Å². The van der Waals surface area contributed by atoms with E-state index in [2.05, 4.69) is 21.8 Å². The number of hydrogen-bond donors (Lipinski definition) is 2. The molecule has 0 spiro atoms. The lowest BCUT2D eigenvalue weighted by molar-refractivity contribution is -0.146. The summed E-state index contributed by atoms with van der Waals surface area (Å²) in [5.74, 6) is 5.83. The smallest absolute Gasteiger partial charge is 0.306 e. The van der Waals surface area contributed by atoms with Crippen molar-refractivity contribution in [2.24, 2.45) is 5.92 Å². The number of H-pyrrole nitrogens is 2. The van der Waals surface area contributed by atoms with Crippen LogP contribution in [0.4, 0.5) is 0 Å². The van der Waals surface area contributed by atoms with Crippen molar-refractivity contribution in [3.05, 3.63) is 95.1 Å². The van der Waals surface area contributed by atoms with Gasteiger partial charge in [0, 0.05) is 30.1 Å². The highest BCUT2D eigenvalue weighted by molar-refractivity contribution is 5.89. The van der Waals surface area contributed by atoms with E-state index in [-0.39, 0.29) is 36.7 Å². The first-order chi connectivity index (χ1) is 25.7. The second-order valence-corrected chi connectivity index (χ2v) is 13.8. The number of aromatic nitrogens is 4. The number of rotatable bonds is 9. The number of fused-ring (bicyclic) bond motifs is 2. The SMILES string of the molecule is COC(=O)C[C@@H](C)C(=O)N1CCC[C@H]1c1nc2ccc(C#Cc3ccc4nc([C@@H]5CCCN5C(=O)[C@H](CC(=O)OC)c5ccccc5)[nH]c4c3)cc2[nH]1. The molecule has 2 amide bonds. The molecule has 0 aliphatic carbocycles. The van der Waals surface area contributed by atoms with Crippen LogP contribution in [0.1, 0.15) is 91.8 Å². The number of likely N-dealkylation sites (tertiary alicyclic amines) is 2. The summed E-state index contributed by atoms with van der Waals surface area (Å²) in [7, 11) is 2.66. The Morgan fingerprint density at radius 1 is 0.736 bits per heavy atom. The lowest BCUT2D eigenvalue weighted by Gasteiger charge is -2.28. The molecule has 2 saturated heterocycles. The minimum Gasteiger partial charge on any atom is -0.469 e. The van der Waals surface area contributed by atoms with Gasteiger partial charge in [-0.1, -0.05) is 49.1 Å². The van der Waals surface area contributed by atoms with Gasteiger partial charge < -0.3 is 29.2 Å². The Labute approximate surface area is 307 Å².